The summed E-state index contributed by atoms with van der Waals surface area (Å²) in [5, 5.41) is 17.5. The highest BCUT2D eigenvalue weighted by Crippen LogP contribution is 2.28. The topological polar surface area (TPSA) is 76.1 Å². The molecule has 0 unspecified atom stereocenters. The summed E-state index contributed by atoms with van der Waals surface area (Å²) in [6.07, 6.45) is 3.92. The van der Waals surface area contributed by atoms with Crippen molar-refractivity contribution in [2.75, 3.05) is 17.6 Å². The van der Waals surface area contributed by atoms with Crippen molar-refractivity contribution < 1.29 is 5.11 Å². The monoisotopic (exact) mass is 266 g/mol. The van der Waals surface area contributed by atoms with Gasteiger partial charge in [-0.15, -0.1) is 0 Å². The Balaban J connectivity index is 1.99. The van der Waals surface area contributed by atoms with E-state index in [4.69, 9.17) is 5.73 Å². The minimum atomic E-state index is -0.0928. The zero-order valence-corrected chi connectivity index (χ0v) is 12.2. The highest BCUT2D eigenvalue weighted by atomic mass is 16.3. The van der Waals surface area contributed by atoms with Crippen LogP contribution in [0.3, 0.4) is 0 Å². The molecule has 1 aromatic rings. The number of aromatic nitrogens is 2. The van der Waals surface area contributed by atoms with Crippen molar-refractivity contribution in [3.63, 3.8) is 0 Å². The molecule has 0 amide bonds. The summed E-state index contributed by atoms with van der Waals surface area (Å²) < 4.78 is 1.96. The third-order valence-electron chi connectivity index (χ3n) is 4.00. The largest absolute Gasteiger partial charge is 0.394 e. The van der Waals surface area contributed by atoms with Crippen molar-refractivity contribution in [2.24, 2.45) is 5.92 Å². The Bertz CT molecular complexity index is 419. The standard InChI is InChI=1S/C14H26N4O/c1-9(2)18-14(13(15)10(3)17-18)16-8-11-4-6-12(19)7-5-11/h9,11-12,16,19H,4-8,15H2,1-3H3. The van der Waals surface area contributed by atoms with E-state index in [9.17, 15) is 5.11 Å². The molecule has 1 aliphatic rings. The lowest BCUT2D eigenvalue weighted by Crippen LogP contribution is -2.24. The second-order valence-electron chi connectivity index (χ2n) is 5.94. The van der Waals surface area contributed by atoms with E-state index in [1.807, 2.05) is 11.6 Å². The number of hydrogen-bond acceptors (Lipinski definition) is 4. The fourth-order valence-electron chi connectivity index (χ4n) is 2.70. The molecule has 4 N–H and O–H groups in total. The van der Waals surface area contributed by atoms with E-state index in [0.717, 1.165) is 49.4 Å². The van der Waals surface area contributed by atoms with Crippen molar-refractivity contribution in [1.29, 1.82) is 0 Å². The molecule has 19 heavy (non-hydrogen) atoms. The number of nitrogens with one attached hydrogen (secondary N) is 1. The summed E-state index contributed by atoms with van der Waals surface area (Å²) in [5.41, 5.74) is 7.73. The minimum Gasteiger partial charge on any atom is -0.394 e. The van der Waals surface area contributed by atoms with Crippen LogP contribution < -0.4 is 11.1 Å². The minimum absolute atomic E-state index is 0.0928. The van der Waals surface area contributed by atoms with E-state index in [2.05, 4.69) is 24.3 Å². The average Bonchev–Trinajstić information content (AvgIpc) is 2.66. The number of aliphatic hydroxyl groups excluding tert-OH is 1. The first kappa shape index (κ1) is 14.2. The Morgan fingerprint density at radius 1 is 1.37 bits per heavy atom. The van der Waals surface area contributed by atoms with Gasteiger partial charge in [-0.2, -0.15) is 5.10 Å². The summed E-state index contributed by atoms with van der Waals surface area (Å²) in [4.78, 5) is 0. The van der Waals surface area contributed by atoms with E-state index in [0.29, 0.717) is 12.0 Å². The number of rotatable bonds is 4. The number of aliphatic hydroxyl groups is 1. The van der Waals surface area contributed by atoms with Gasteiger partial charge in [-0.25, -0.2) is 4.68 Å². The lowest BCUT2D eigenvalue weighted by atomic mass is 9.87. The second-order valence-corrected chi connectivity index (χ2v) is 5.94. The highest BCUT2D eigenvalue weighted by molar-refractivity contribution is 5.64. The second kappa shape index (κ2) is 5.82. The van der Waals surface area contributed by atoms with Gasteiger partial charge in [-0.05, 0) is 52.4 Å². The molecule has 5 heteroatoms. The van der Waals surface area contributed by atoms with Crippen LogP contribution in [0.1, 0.15) is 51.3 Å². The molecule has 5 nitrogen and oxygen atoms in total. The zero-order valence-electron chi connectivity index (χ0n) is 12.2. The molecule has 0 radical (unpaired) electrons. The molecule has 0 bridgehead atoms. The molecule has 2 rings (SSSR count). The van der Waals surface area contributed by atoms with Crippen LogP contribution in [0, 0.1) is 12.8 Å². The van der Waals surface area contributed by atoms with Gasteiger partial charge in [-0.3, -0.25) is 0 Å². The maximum atomic E-state index is 9.52. The number of hydrogen-bond donors (Lipinski definition) is 3. The first-order valence-electron chi connectivity index (χ1n) is 7.25. The fourth-order valence-corrected chi connectivity index (χ4v) is 2.70. The molecule has 1 heterocycles. The van der Waals surface area contributed by atoms with E-state index in [-0.39, 0.29) is 6.10 Å². The summed E-state index contributed by atoms with van der Waals surface area (Å²) in [7, 11) is 0. The molecule has 1 saturated carbocycles. The third kappa shape index (κ3) is 3.21. The summed E-state index contributed by atoms with van der Waals surface area (Å²) in [6.45, 7) is 7.06. The maximum Gasteiger partial charge on any atom is 0.148 e. The number of aryl methyl sites for hydroxylation is 1. The molecule has 0 saturated heterocycles. The first-order valence-corrected chi connectivity index (χ1v) is 7.25. The molecule has 1 fully saturated rings. The Hall–Kier alpha value is -1.23. The Kier molecular flexibility index (Phi) is 4.34. The van der Waals surface area contributed by atoms with Crippen molar-refractivity contribution in [1.82, 2.24) is 9.78 Å². The molecule has 1 aromatic heterocycles. The summed E-state index contributed by atoms with van der Waals surface area (Å²) >= 11 is 0. The predicted molar refractivity (Wildman–Crippen MR) is 78.2 cm³/mol. The van der Waals surface area contributed by atoms with Crippen LogP contribution in [0.5, 0.6) is 0 Å². The Morgan fingerprint density at radius 3 is 2.58 bits per heavy atom. The van der Waals surface area contributed by atoms with Gasteiger partial charge in [0.05, 0.1) is 17.5 Å². The van der Waals surface area contributed by atoms with Gasteiger partial charge in [0.1, 0.15) is 5.82 Å². The molecular weight excluding hydrogens is 240 g/mol. The third-order valence-corrected chi connectivity index (χ3v) is 4.00. The van der Waals surface area contributed by atoms with Crippen LogP contribution >= 0.6 is 0 Å². The van der Waals surface area contributed by atoms with Crippen LogP contribution in [-0.4, -0.2) is 27.5 Å². The van der Waals surface area contributed by atoms with Crippen LogP contribution in [0.25, 0.3) is 0 Å². The fraction of sp³-hybridized carbons (Fsp3) is 0.786. The number of anilines is 2. The molecule has 0 atom stereocenters. The van der Waals surface area contributed by atoms with E-state index >= 15 is 0 Å². The quantitative estimate of drug-likeness (QED) is 0.781. The zero-order chi connectivity index (χ0) is 14.0. The maximum absolute atomic E-state index is 9.52. The van der Waals surface area contributed by atoms with Gasteiger partial charge in [0.2, 0.25) is 0 Å². The lowest BCUT2D eigenvalue weighted by molar-refractivity contribution is 0.111. The molecule has 108 valence electrons. The van der Waals surface area contributed by atoms with Gasteiger partial charge in [0.25, 0.3) is 0 Å². The van der Waals surface area contributed by atoms with Crippen LogP contribution in [0.2, 0.25) is 0 Å². The van der Waals surface area contributed by atoms with Crippen LogP contribution in [-0.2, 0) is 0 Å². The number of nitrogens with two attached hydrogens (primary N) is 1. The van der Waals surface area contributed by atoms with Crippen molar-refractivity contribution in [3.8, 4) is 0 Å². The summed E-state index contributed by atoms with van der Waals surface area (Å²) in [6, 6.07) is 0.298. The van der Waals surface area contributed by atoms with Crippen LogP contribution in [0.15, 0.2) is 0 Å². The van der Waals surface area contributed by atoms with Crippen molar-refractivity contribution >= 4 is 11.5 Å². The van der Waals surface area contributed by atoms with Crippen molar-refractivity contribution in [2.45, 2.75) is 58.6 Å². The van der Waals surface area contributed by atoms with E-state index in [1.54, 1.807) is 0 Å². The highest BCUT2D eigenvalue weighted by Gasteiger charge is 2.21. The Morgan fingerprint density at radius 2 is 2.00 bits per heavy atom. The SMILES string of the molecule is Cc1nn(C(C)C)c(NCC2CCC(O)CC2)c1N. The Labute approximate surface area is 115 Å². The average molecular weight is 266 g/mol. The summed E-state index contributed by atoms with van der Waals surface area (Å²) in [5.74, 6) is 1.57. The van der Waals surface area contributed by atoms with Gasteiger partial charge in [-0.1, -0.05) is 0 Å². The van der Waals surface area contributed by atoms with Gasteiger partial charge in [0, 0.05) is 12.6 Å². The van der Waals surface area contributed by atoms with E-state index in [1.165, 1.54) is 0 Å². The molecule has 0 spiro atoms. The van der Waals surface area contributed by atoms with Gasteiger partial charge >= 0.3 is 0 Å². The van der Waals surface area contributed by atoms with Crippen molar-refractivity contribution in [3.05, 3.63) is 5.69 Å². The predicted octanol–water partition coefficient (Wildman–Crippen LogP) is 2.32. The van der Waals surface area contributed by atoms with Gasteiger partial charge in [0.15, 0.2) is 0 Å². The molecular formula is C14H26N4O. The normalized spacial score (nSPS) is 23.8. The first-order chi connectivity index (χ1) is 8.99. The lowest BCUT2D eigenvalue weighted by Gasteiger charge is -2.26. The van der Waals surface area contributed by atoms with Crippen LogP contribution in [0.4, 0.5) is 11.5 Å². The van der Waals surface area contributed by atoms with E-state index < -0.39 is 0 Å². The number of nitrogen functional groups attached to an aromatic ring is 1. The number of nitrogens with zero attached hydrogens (tertiary/aromatic N) is 2. The smallest absolute Gasteiger partial charge is 0.148 e. The van der Waals surface area contributed by atoms with Gasteiger partial charge < -0.3 is 16.2 Å². The molecule has 0 aliphatic heterocycles. The molecule has 0 aromatic carbocycles. The molecule has 1 aliphatic carbocycles.